The van der Waals surface area contributed by atoms with Gasteiger partial charge in [0.15, 0.2) is 0 Å². The van der Waals surface area contributed by atoms with Crippen molar-refractivity contribution in [2.75, 3.05) is 11.1 Å². The second-order valence-electron chi connectivity index (χ2n) is 5.96. The molecule has 5 nitrogen and oxygen atoms in total. The molecule has 0 aliphatic heterocycles. The molecule has 0 bridgehead atoms. The number of hydrogen-bond acceptors (Lipinski definition) is 4. The van der Waals surface area contributed by atoms with E-state index in [1.165, 1.54) is 6.92 Å². The lowest BCUT2D eigenvalue weighted by molar-refractivity contribution is -0.114. The maximum absolute atomic E-state index is 11.2. The fourth-order valence-corrected chi connectivity index (χ4v) is 2.97. The van der Waals surface area contributed by atoms with Gasteiger partial charge in [0, 0.05) is 23.7 Å². The molecule has 0 atom stereocenters. The van der Waals surface area contributed by atoms with Crippen LogP contribution in [0.15, 0.2) is 54.6 Å². The third-order valence-electron chi connectivity index (χ3n) is 4.12. The van der Waals surface area contributed by atoms with Crippen molar-refractivity contribution in [3.05, 3.63) is 65.7 Å². The molecule has 3 N–H and O–H groups in total. The number of nitrogen functional groups attached to an aromatic ring is 1. The van der Waals surface area contributed by atoms with Gasteiger partial charge in [0.05, 0.1) is 5.69 Å². The number of anilines is 2. The number of nitrogens with one attached hydrogen (secondary N) is 1. The van der Waals surface area contributed by atoms with Crippen molar-refractivity contribution in [2.24, 2.45) is 0 Å². The van der Waals surface area contributed by atoms with Crippen molar-refractivity contribution in [3.8, 4) is 28.5 Å². The SMILES string of the molecule is CC(=O)Nc1ccc(-c2c(C)c(-c3ccccc3)nc(N)c2C#N)cc1. The zero-order valence-electron chi connectivity index (χ0n) is 14.6. The van der Waals surface area contributed by atoms with Crippen LogP contribution in [0.4, 0.5) is 11.5 Å². The molecular weight excluding hydrogens is 324 g/mol. The lowest BCUT2D eigenvalue weighted by Crippen LogP contribution is -2.06. The van der Waals surface area contributed by atoms with Crippen LogP contribution in [0.25, 0.3) is 22.4 Å². The predicted octanol–water partition coefficient (Wildman–Crippen LogP) is 4.14. The highest BCUT2D eigenvalue weighted by Gasteiger charge is 2.18. The lowest BCUT2D eigenvalue weighted by Gasteiger charge is -2.15. The first-order valence-corrected chi connectivity index (χ1v) is 8.15. The highest BCUT2D eigenvalue weighted by molar-refractivity contribution is 5.90. The minimum atomic E-state index is -0.133. The molecule has 0 aliphatic rings. The first-order chi connectivity index (χ1) is 12.5. The Morgan fingerprint density at radius 1 is 1.08 bits per heavy atom. The van der Waals surface area contributed by atoms with Crippen molar-refractivity contribution >= 4 is 17.4 Å². The Kier molecular flexibility index (Phi) is 4.68. The van der Waals surface area contributed by atoms with Gasteiger partial charge in [-0.3, -0.25) is 4.79 Å². The number of benzene rings is 2. The number of carbonyl (C=O) groups excluding carboxylic acids is 1. The second-order valence-corrected chi connectivity index (χ2v) is 5.96. The van der Waals surface area contributed by atoms with Gasteiger partial charge >= 0.3 is 0 Å². The molecule has 3 rings (SSSR count). The number of nitrogens with zero attached hydrogens (tertiary/aromatic N) is 2. The van der Waals surface area contributed by atoms with Gasteiger partial charge in [0.2, 0.25) is 5.91 Å². The Hall–Kier alpha value is -3.65. The van der Waals surface area contributed by atoms with Gasteiger partial charge in [0.1, 0.15) is 17.5 Å². The van der Waals surface area contributed by atoms with Crippen LogP contribution >= 0.6 is 0 Å². The number of rotatable bonds is 3. The molecule has 0 fully saturated rings. The van der Waals surface area contributed by atoms with Crippen LogP contribution in [0.1, 0.15) is 18.1 Å². The first kappa shape index (κ1) is 17.2. The molecule has 0 unspecified atom stereocenters. The Labute approximate surface area is 152 Å². The molecule has 128 valence electrons. The summed E-state index contributed by atoms with van der Waals surface area (Å²) in [7, 11) is 0. The molecular formula is C21H18N4O. The summed E-state index contributed by atoms with van der Waals surface area (Å²) >= 11 is 0. The molecule has 0 radical (unpaired) electrons. The summed E-state index contributed by atoms with van der Waals surface area (Å²) in [6.07, 6.45) is 0. The minimum absolute atomic E-state index is 0.133. The minimum Gasteiger partial charge on any atom is -0.383 e. The van der Waals surface area contributed by atoms with Crippen LogP contribution in [0, 0.1) is 18.3 Å². The zero-order chi connectivity index (χ0) is 18.7. The highest BCUT2D eigenvalue weighted by atomic mass is 16.1. The monoisotopic (exact) mass is 342 g/mol. The van der Waals surface area contributed by atoms with E-state index >= 15 is 0 Å². The summed E-state index contributed by atoms with van der Waals surface area (Å²) in [5.41, 5.74) is 11.3. The molecule has 0 saturated heterocycles. The van der Waals surface area contributed by atoms with E-state index in [0.717, 1.165) is 27.9 Å². The van der Waals surface area contributed by atoms with E-state index < -0.39 is 0 Å². The van der Waals surface area contributed by atoms with Gasteiger partial charge in [-0.2, -0.15) is 5.26 Å². The van der Waals surface area contributed by atoms with Crippen LogP contribution < -0.4 is 11.1 Å². The smallest absolute Gasteiger partial charge is 0.221 e. The van der Waals surface area contributed by atoms with Crippen LogP contribution in [0.3, 0.4) is 0 Å². The highest BCUT2D eigenvalue weighted by Crippen LogP contribution is 2.36. The van der Waals surface area contributed by atoms with Crippen molar-refractivity contribution in [2.45, 2.75) is 13.8 Å². The lowest BCUT2D eigenvalue weighted by atomic mass is 9.92. The molecule has 1 aromatic heterocycles. The molecule has 1 amide bonds. The maximum atomic E-state index is 11.2. The quantitative estimate of drug-likeness (QED) is 0.748. The Bertz CT molecular complexity index is 1000. The van der Waals surface area contributed by atoms with E-state index in [4.69, 9.17) is 5.73 Å². The number of hydrogen-bond donors (Lipinski definition) is 2. The van der Waals surface area contributed by atoms with Gasteiger partial charge in [-0.1, -0.05) is 42.5 Å². The van der Waals surface area contributed by atoms with E-state index in [0.29, 0.717) is 11.3 Å². The summed E-state index contributed by atoms with van der Waals surface area (Å²) in [5, 5.41) is 12.3. The van der Waals surface area contributed by atoms with Gasteiger partial charge in [-0.25, -0.2) is 4.98 Å². The van der Waals surface area contributed by atoms with Gasteiger partial charge < -0.3 is 11.1 Å². The Morgan fingerprint density at radius 2 is 1.73 bits per heavy atom. The summed E-state index contributed by atoms with van der Waals surface area (Å²) in [6.45, 7) is 3.40. The molecule has 2 aromatic carbocycles. The van der Waals surface area contributed by atoms with Crippen molar-refractivity contribution in [1.82, 2.24) is 4.98 Å². The topological polar surface area (TPSA) is 91.8 Å². The van der Waals surface area contributed by atoms with E-state index in [9.17, 15) is 10.1 Å². The average molecular weight is 342 g/mol. The maximum Gasteiger partial charge on any atom is 0.221 e. The Morgan fingerprint density at radius 3 is 2.31 bits per heavy atom. The first-order valence-electron chi connectivity index (χ1n) is 8.15. The normalized spacial score (nSPS) is 10.2. The number of nitriles is 1. The van der Waals surface area contributed by atoms with E-state index in [2.05, 4.69) is 16.4 Å². The van der Waals surface area contributed by atoms with Crippen molar-refractivity contribution < 1.29 is 4.79 Å². The van der Waals surface area contributed by atoms with Gasteiger partial charge in [-0.15, -0.1) is 0 Å². The standard InChI is InChI=1S/C21H18N4O/c1-13-19(15-8-10-17(11-9-15)24-14(2)26)18(12-22)21(23)25-20(13)16-6-4-3-5-7-16/h3-11H,1-2H3,(H2,23,25)(H,24,26). The van der Waals surface area contributed by atoms with Crippen LogP contribution in [-0.2, 0) is 4.79 Å². The summed E-state index contributed by atoms with van der Waals surface area (Å²) in [4.78, 5) is 15.6. The van der Waals surface area contributed by atoms with Crippen LogP contribution in [0.5, 0.6) is 0 Å². The van der Waals surface area contributed by atoms with Crippen LogP contribution in [0.2, 0.25) is 0 Å². The third-order valence-corrected chi connectivity index (χ3v) is 4.12. The molecule has 0 spiro atoms. The largest absolute Gasteiger partial charge is 0.383 e. The molecule has 26 heavy (non-hydrogen) atoms. The predicted molar refractivity (Wildman–Crippen MR) is 103 cm³/mol. The van der Waals surface area contributed by atoms with E-state index in [1.54, 1.807) is 12.1 Å². The third kappa shape index (κ3) is 3.26. The average Bonchev–Trinajstić information content (AvgIpc) is 2.64. The molecule has 0 aliphatic carbocycles. The van der Waals surface area contributed by atoms with Crippen molar-refractivity contribution in [3.63, 3.8) is 0 Å². The molecule has 3 aromatic rings. The Balaban J connectivity index is 2.18. The van der Waals surface area contributed by atoms with Gasteiger partial charge in [-0.05, 0) is 30.2 Å². The van der Waals surface area contributed by atoms with Crippen LogP contribution in [-0.4, -0.2) is 10.9 Å². The summed E-state index contributed by atoms with van der Waals surface area (Å²) < 4.78 is 0. The molecule has 0 saturated carbocycles. The fourth-order valence-electron chi connectivity index (χ4n) is 2.97. The zero-order valence-corrected chi connectivity index (χ0v) is 14.6. The van der Waals surface area contributed by atoms with Gasteiger partial charge in [0.25, 0.3) is 0 Å². The number of pyridine rings is 1. The second kappa shape index (κ2) is 7.08. The number of aromatic nitrogens is 1. The molecule has 1 heterocycles. The number of carbonyl (C=O) groups is 1. The van der Waals surface area contributed by atoms with E-state index in [-0.39, 0.29) is 11.7 Å². The fraction of sp³-hybridized carbons (Fsp3) is 0.0952. The van der Waals surface area contributed by atoms with E-state index in [1.807, 2.05) is 49.4 Å². The number of amides is 1. The van der Waals surface area contributed by atoms with Crippen molar-refractivity contribution in [1.29, 1.82) is 5.26 Å². The number of nitrogens with two attached hydrogens (primary N) is 1. The summed E-state index contributed by atoms with van der Waals surface area (Å²) in [5.74, 6) is 0.0732. The molecule has 5 heteroatoms. The summed E-state index contributed by atoms with van der Waals surface area (Å²) in [6, 6.07) is 19.2.